The van der Waals surface area contributed by atoms with E-state index in [1.54, 1.807) is 12.1 Å². The number of rotatable bonds is 5. The van der Waals surface area contributed by atoms with E-state index in [-0.39, 0.29) is 5.82 Å². The average molecular weight is 321 g/mol. The molecule has 3 rings (SSSR count). The molecule has 0 aliphatic carbocycles. The number of oxazole rings is 1. The first-order valence-electron chi connectivity index (χ1n) is 6.28. The summed E-state index contributed by atoms with van der Waals surface area (Å²) in [6, 6.07) is 10.00. The van der Waals surface area contributed by atoms with Gasteiger partial charge in [0.25, 0.3) is 0 Å². The molecule has 6 heteroatoms. The third-order valence-corrected chi connectivity index (χ3v) is 4.94. The standard InChI is InChI=1S/C15H12FNO2S2/c16-12-4-1-3-11(7-12)9-21(18)10-13-8-19-15(17-13)14-5-2-6-20-14/h1-8H,9-10H2/t21-/m1/s1. The lowest BCUT2D eigenvalue weighted by Gasteiger charge is -2.00. The molecule has 0 aliphatic rings. The van der Waals surface area contributed by atoms with E-state index in [0.717, 1.165) is 10.4 Å². The van der Waals surface area contributed by atoms with Gasteiger partial charge in [0.15, 0.2) is 0 Å². The largest absolute Gasteiger partial charge is 0.444 e. The Morgan fingerprint density at radius 3 is 2.90 bits per heavy atom. The summed E-state index contributed by atoms with van der Waals surface area (Å²) >= 11 is 1.54. The maximum atomic E-state index is 13.1. The number of hydrogen-bond acceptors (Lipinski definition) is 4. The summed E-state index contributed by atoms with van der Waals surface area (Å²) in [5, 5.41) is 1.95. The van der Waals surface area contributed by atoms with Crippen LogP contribution in [0.1, 0.15) is 11.3 Å². The predicted molar refractivity (Wildman–Crippen MR) is 81.8 cm³/mol. The van der Waals surface area contributed by atoms with Gasteiger partial charge in [-0.2, -0.15) is 0 Å². The monoisotopic (exact) mass is 321 g/mol. The van der Waals surface area contributed by atoms with Crippen LogP contribution in [0.4, 0.5) is 4.39 Å². The molecule has 3 aromatic rings. The Bertz CT molecular complexity index is 753. The first kappa shape index (κ1) is 14.2. The van der Waals surface area contributed by atoms with Crippen molar-refractivity contribution >= 4 is 22.1 Å². The number of benzene rings is 1. The van der Waals surface area contributed by atoms with E-state index in [0.29, 0.717) is 23.1 Å². The van der Waals surface area contributed by atoms with Crippen LogP contribution >= 0.6 is 11.3 Å². The highest BCUT2D eigenvalue weighted by molar-refractivity contribution is 7.83. The fraction of sp³-hybridized carbons (Fsp3) is 0.133. The topological polar surface area (TPSA) is 43.1 Å². The Morgan fingerprint density at radius 2 is 2.14 bits per heavy atom. The van der Waals surface area contributed by atoms with Crippen molar-refractivity contribution in [2.75, 3.05) is 0 Å². The molecule has 0 unspecified atom stereocenters. The van der Waals surface area contributed by atoms with Crippen molar-refractivity contribution in [2.45, 2.75) is 11.5 Å². The van der Waals surface area contributed by atoms with Gasteiger partial charge in [-0.15, -0.1) is 11.3 Å². The second-order valence-electron chi connectivity index (χ2n) is 4.48. The summed E-state index contributed by atoms with van der Waals surface area (Å²) in [6.07, 6.45) is 1.53. The molecule has 0 bridgehead atoms. The van der Waals surface area contributed by atoms with Gasteiger partial charge in [0, 0.05) is 16.6 Å². The highest BCUT2D eigenvalue weighted by atomic mass is 32.2. The lowest BCUT2D eigenvalue weighted by atomic mass is 10.2. The molecule has 0 aliphatic heterocycles. The van der Waals surface area contributed by atoms with Crippen LogP contribution in [0, 0.1) is 5.82 Å². The van der Waals surface area contributed by atoms with Crippen LogP contribution in [0.25, 0.3) is 10.8 Å². The van der Waals surface area contributed by atoms with Crippen molar-refractivity contribution in [3.05, 3.63) is 65.1 Å². The highest BCUT2D eigenvalue weighted by Crippen LogP contribution is 2.24. The zero-order chi connectivity index (χ0) is 14.7. The van der Waals surface area contributed by atoms with Crippen LogP contribution in [0.5, 0.6) is 0 Å². The zero-order valence-electron chi connectivity index (χ0n) is 11.0. The van der Waals surface area contributed by atoms with E-state index >= 15 is 0 Å². The van der Waals surface area contributed by atoms with Gasteiger partial charge in [-0.1, -0.05) is 18.2 Å². The van der Waals surface area contributed by atoms with Gasteiger partial charge in [0.2, 0.25) is 5.89 Å². The predicted octanol–water partition coefficient (Wildman–Crippen LogP) is 3.99. The Labute approximate surface area is 127 Å². The maximum absolute atomic E-state index is 13.1. The first-order chi connectivity index (χ1) is 10.2. The van der Waals surface area contributed by atoms with E-state index < -0.39 is 10.8 Å². The second-order valence-corrected chi connectivity index (χ2v) is 6.88. The van der Waals surface area contributed by atoms with Gasteiger partial charge in [-0.25, -0.2) is 9.37 Å². The van der Waals surface area contributed by atoms with Gasteiger partial charge in [0.05, 0.1) is 16.3 Å². The van der Waals surface area contributed by atoms with Crippen LogP contribution in [0.15, 0.2) is 52.5 Å². The molecule has 1 aromatic carbocycles. The van der Waals surface area contributed by atoms with Crippen LogP contribution in [-0.2, 0) is 22.3 Å². The minimum atomic E-state index is -1.15. The Morgan fingerprint density at radius 1 is 1.24 bits per heavy atom. The molecule has 2 heterocycles. The van der Waals surface area contributed by atoms with E-state index in [2.05, 4.69) is 4.98 Å². The third kappa shape index (κ3) is 3.65. The number of nitrogens with zero attached hydrogens (tertiary/aromatic N) is 1. The summed E-state index contributed by atoms with van der Waals surface area (Å²) in [7, 11) is -1.15. The second kappa shape index (κ2) is 6.32. The molecular formula is C15H12FNO2S2. The smallest absolute Gasteiger partial charge is 0.236 e. The molecule has 0 fully saturated rings. The van der Waals surface area contributed by atoms with E-state index in [9.17, 15) is 8.60 Å². The summed E-state index contributed by atoms with van der Waals surface area (Å²) in [4.78, 5) is 5.27. The fourth-order valence-corrected chi connectivity index (χ4v) is 3.69. The lowest BCUT2D eigenvalue weighted by Crippen LogP contribution is -2.00. The minimum absolute atomic E-state index is 0.297. The van der Waals surface area contributed by atoms with Crippen LogP contribution in [0.3, 0.4) is 0 Å². The van der Waals surface area contributed by atoms with Crippen LogP contribution in [0.2, 0.25) is 0 Å². The number of hydrogen-bond donors (Lipinski definition) is 0. The summed E-state index contributed by atoms with van der Waals surface area (Å²) in [5.74, 6) is 0.832. The molecule has 21 heavy (non-hydrogen) atoms. The summed E-state index contributed by atoms with van der Waals surface area (Å²) in [5.41, 5.74) is 1.36. The Balaban J connectivity index is 1.65. The molecule has 0 radical (unpaired) electrons. The van der Waals surface area contributed by atoms with Gasteiger partial charge in [-0.05, 0) is 29.1 Å². The average Bonchev–Trinajstić information content (AvgIpc) is 3.08. The third-order valence-electron chi connectivity index (χ3n) is 2.81. The lowest BCUT2D eigenvalue weighted by molar-refractivity contribution is 0.574. The van der Waals surface area contributed by atoms with E-state index in [1.165, 1.54) is 29.7 Å². The van der Waals surface area contributed by atoms with Crippen molar-refractivity contribution in [1.82, 2.24) is 4.98 Å². The van der Waals surface area contributed by atoms with Gasteiger partial charge in [0.1, 0.15) is 12.1 Å². The number of aromatic nitrogens is 1. The SMILES string of the molecule is O=[S@](Cc1cccc(F)c1)Cc1coc(-c2cccs2)n1. The first-order valence-corrected chi connectivity index (χ1v) is 8.65. The van der Waals surface area contributed by atoms with Crippen LogP contribution in [-0.4, -0.2) is 9.19 Å². The van der Waals surface area contributed by atoms with Crippen LogP contribution < -0.4 is 0 Å². The van der Waals surface area contributed by atoms with Crippen molar-refractivity contribution in [1.29, 1.82) is 0 Å². The van der Waals surface area contributed by atoms with Gasteiger partial charge in [-0.3, -0.25) is 4.21 Å². The fourth-order valence-electron chi connectivity index (χ4n) is 1.92. The molecule has 3 nitrogen and oxygen atoms in total. The van der Waals surface area contributed by atoms with Crippen molar-refractivity contribution in [3.8, 4) is 10.8 Å². The quantitative estimate of drug-likeness (QED) is 0.713. The zero-order valence-corrected chi connectivity index (χ0v) is 12.6. The normalized spacial score (nSPS) is 12.4. The molecule has 1 atom stereocenters. The Hall–Kier alpha value is -1.79. The highest BCUT2D eigenvalue weighted by Gasteiger charge is 2.11. The molecule has 0 saturated heterocycles. The maximum Gasteiger partial charge on any atom is 0.236 e. The summed E-state index contributed by atoms with van der Waals surface area (Å²) < 4.78 is 30.6. The van der Waals surface area contributed by atoms with Gasteiger partial charge >= 0.3 is 0 Å². The molecule has 108 valence electrons. The van der Waals surface area contributed by atoms with Crippen molar-refractivity contribution in [2.24, 2.45) is 0 Å². The molecule has 0 saturated carbocycles. The minimum Gasteiger partial charge on any atom is -0.444 e. The number of halogens is 1. The molecule has 0 spiro atoms. The Kier molecular flexibility index (Phi) is 4.26. The van der Waals surface area contributed by atoms with Crippen molar-refractivity contribution in [3.63, 3.8) is 0 Å². The molecule has 2 aromatic heterocycles. The van der Waals surface area contributed by atoms with Crippen molar-refractivity contribution < 1.29 is 13.0 Å². The molecule has 0 N–H and O–H groups in total. The van der Waals surface area contributed by atoms with E-state index in [4.69, 9.17) is 4.42 Å². The summed E-state index contributed by atoms with van der Waals surface area (Å²) in [6.45, 7) is 0. The van der Waals surface area contributed by atoms with Gasteiger partial charge < -0.3 is 4.42 Å². The molecular weight excluding hydrogens is 309 g/mol. The number of thiophene rings is 1. The molecule has 0 amide bonds. The van der Waals surface area contributed by atoms with E-state index in [1.807, 2.05) is 17.5 Å².